The van der Waals surface area contributed by atoms with Gasteiger partial charge >= 0.3 is 6.18 Å². The van der Waals surface area contributed by atoms with E-state index < -0.39 is 21.8 Å². The van der Waals surface area contributed by atoms with E-state index in [9.17, 15) is 21.6 Å². The summed E-state index contributed by atoms with van der Waals surface area (Å²) in [5.41, 5.74) is -0.795. The molecule has 0 aliphatic carbocycles. The molecule has 0 unspecified atom stereocenters. The Morgan fingerprint density at radius 3 is 2.38 bits per heavy atom. The zero-order valence-corrected chi connectivity index (χ0v) is 12.3. The molecule has 1 aromatic heterocycles. The first-order valence-electron chi connectivity index (χ1n) is 6.50. The van der Waals surface area contributed by atoms with Gasteiger partial charge in [-0.25, -0.2) is 13.4 Å². The Balaban J connectivity index is 2.17. The molecule has 1 fully saturated rings. The number of halogens is 3. The quantitative estimate of drug-likeness (QED) is 0.847. The largest absolute Gasteiger partial charge is 0.419 e. The second-order valence-electron chi connectivity index (χ2n) is 4.66. The highest BCUT2D eigenvalue weighted by atomic mass is 32.2. The molecule has 2 rings (SSSR count). The fourth-order valence-corrected chi connectivity index (χ4v) is 3.32. The number of rotatable bonds is 3. The van der Waals surface area contributed by atoms with Gasteiger partial charge in [-0.3, -0.25) is 0 Å². The van der Waals surface area contributed by atoms with Crippen LogP contribution in [0.1, 0.15) is 12.5 Å². The van der Waals surface area contributed by atoms with Crippen LogP contribution in [0.3, 0.4) is 0 Å². The van der Waals surface area contributed by atoms with Crippen molar-refractivity contribution in [1.82, 2.24) is 9.29 Å². The van der Waals surface area contributed by atoms with E-state index in [2.05, 4.69) is 4.98 Å². The van der Waals surface area contributed by atoms with Gasteiger partial charge in [0, 0.05) is 32.4 Å². The van der Waals surface area contributed by atoms with Gasteiger partial charge in [0.2, 0.25) is 10.0 Å². The third-order valence-electron chi connectivity index (χ3n) is 3.39. The fourth-order valence-electron chi connectivity index (χ4n) is 2.23. The Hall–Kier alpha value is -1.35. The molecule has 0 saturated carbocycles. The van der Waals surface area contributed by atoms with Crippen LogP contribution in [0.2, 0.25) is 0 Å². The van der Waals surface area contributed by atoms with Crippen LogP contribution in [0.15, 0.2) is 18.3 Å². The molecule has 0 atom stereocenters. The number of anilines is 1. The highest BCUT2D eigenvalue weighted by Crippen LogP contribution is 2.35. The molecule has 9 heteroatoms. The van der Waals surface area contributed by atoms with Gasteiger partial charge in [0.1, 0.15) is 5.82 Å². The maximum Gasteiger partial charge on any atom is 0.419 e. The summed E-state index contributed by atoms with van der Waals surface area (Å²) in [6, 6.07) is 2.22. The molecule has 0 bridgehead atoms. The number of hydrogen-bond acceptors (Lipinski definition) is 4. The van der Waals surface area contributed by atoms with Crippen LogP contribution in [0, 0.1) is 0 Å². The lowest BCUT2D eigenvalue weighted by Crippen LogP contribution is -2.49. The van der Waals surface area contributed by atoms with Crippen LogP contribution in [0.25, 0.3) is 0 Å². The molecular weight excluding hydrogens is 307 g/mol. The van der Waals surface area contributed by atoms with Crippen molar-refractivity contribution < 1.29 is 21.6 Å². The molecule has 0 aromatic carbocycles. The molecule has 1 saturated heterocycles. The zero-order valence-electron chi connectivity index (χ0n) is 11.5. The first-order valence-corrected chi connectivity index (χ1v) is 8.11. The Labute approximate surface area is 121 Å². The van der Waals surface area contributed by atoms with Crippen LogP contribution < -0.4 is 4.90 Å². The van der Waals surface area contributed by atoms with Crippen molar-refractivity contribution in [3.63, 3.8) is 0 Å². The summed E-state index contributed by atoms with van der Waals surface area (Å²) in [4.78, 5) is 5.29. The summed E-state index contributed by atoms with van der Waals surface area (Å²) in [6.07, 6.45) is -3.17. The zero-order chi connectivity index (χ0) is 15.7. The van der Waals surface area contributed by atoms with Gasteiger partial charge in [-0.1, -0.05) is 0 Å². The van der Waals surface area contributed by atoms with Gasteiger partial charge in [-0.2, -0.15) is 17.5 Å². The number of nitrogens with zero attached hydrogens (tertiary/aromatic N) is 3. The molecule has 1 aliphatic heterocycles. The molecule has 21 heavy (non-hydrogen) atoms. The predicted octanol–water partition coefficient (Wildman–Crippen LogP) is 1.57. The van der Waals surface area contributed by atoms with E-state index in [0.29, 0.717) is 0 Å². The van der Waals surface area contributed by atoms with Crippen LogP contribution in [0.5, 0.6) is 0 Å². The van der Waals surface area contributed by atoms with Crippen molar-refractivity contribution >= 4 is 15.8 Å². The lowest BCUT2D eigenvalue weighted by Gasteiger charge is -2.35. The highest BCUT2D eigenvalue weighted by Gasteiger charge is 2.36. The molecule has 118 valence electrons. The summed E-state index contributed by atoms with van der Waals surface area (Å²) in [5.74, 6) is -0.150. The van der Waals surface area contributed by atoms with Gasteiger partial charge in [0.25, 0.3) is 0 Å². The van der Waals surface area contributed by atoms with E-state index >= 15 is 0 Å². The lowest BCUT2D eigenvalue weighted by atomic mass is 10.2. The van der Waals surface area contributed by atoms with E-state index in [1.165, 1.54) is 21.5 Å². The van der Waals surface area contributed by atoms with Crippen molar-refractivity contribution in [2.75, 3.05) is 36.8 Å². The monoisotopic (exact) mass is 323 g/mol. The third-order valence-corrected chi connectivity index (χ3v) is 5.27. The summed E-state index contributed by atoms with van der Waals surface area (Å²) in [7, 11) is -3.30. The van der Waals surface area contributed by atoms with Gasteiger partial charge in [-0.15, -0.1) is 0 Å². The van der Waals surface area contributed by atoms with E-state index in [1.54, 1.807) is 6.92 Å². The number of alkyl halides is 3. The molecule has 2 heterocycles. The first-order chi connectivity index (χ1) is 9.75. The van der Waals surface area contributed by atoms with E-state index in [-0.39, 0.29) is 37.7 Å². The van der Waals surface area contributed by atoms with Crippen molar-refractivity contribution in [3.05, 3.63) is 23.9 Å². The van der Waals surface area contributed by atoms with E-state index in [0.717, 1.165) is 6.07 Å². The van der Waals surface area contributed by atoms with Crippen LogP contribution in [-0.2, 0) is 16.2 Å². The molecular formula is C12H16F3N3O2S. The molecule has 5 nitrogen and oxygen atoms in total. The van der Waals surface area contributed by atoms with Gasteiger partial charge in [0.05, 0.1) is 11.3 Å². The smallest absolute Gasteiger partial charge is 0.353 e. The van der Waals surface area contributed by atoms with Crippen LogP contribution >= 0.6 is 0 Å². The average Bonchev–Trinajstić information content (AvgIpc) is 2.46. The van der Waals surface area contributed by atoms with Crippen LogP contribution in [-0.4, -0.2) is 49.6 Å². The SMILES string of the molecule is CCS(=O)(=O)N1CCN(c2ncccc2C(F)(F)F)CC1. The van der Waals surface area contributed by atoms with E-state index in [1.807, 2.05) is 0 Å². The Morgan fingerprint density at radius 2 is 1.86 bits per heavy atom. The second-order valence-corrected chi connectivity index (χ2v) is 6.92. The summed E-state index contributed by atoms with van der Waals surface area (Å²) in [5, 5.41) is 0. The Morgan fingerprint density at radius 1 is 1.24 bits per heavy atom. The minimum atomic E-state index is -4.48. The summed E-state index contributed by atoms with van der Waals surface area (Å²) in [6.45, 7) is 2.27. The Bertz CT molecular complexity index is 596. The van der Waals surface area contributed by atoms with Gasteiger partial charge in [-0.05, 0) is 19.1 Å². The fraction of sp³-hybridized carbons (Fsp3) is 0.583. The normalized spacial score (nSPS) is 18.0. The molecule has 0 amide bonds. The number of piperazine rings is 1. The predicted molar refractivity (Wildman–Crippen MR) is 72.5 cm³/mol. The van der Waals surface area contributed by atoms with Crippen LogP contribution in [0.4, 0.5) is 19.0 Å². The molecule has 0 spiro atoms. The number of sulfonamides is 1. The standard InChI is InChI=1S/C12H16F3N3O2S/c1-2-21(19,20)18-8-6-17(7-9-18)11-10(12(13,14)15)4-3-5-16-11/h3-5H,2,6-9H2,1H3. The summed E-state index contributed by atoms with van der Waals surface area (Å²) < 4.78 is 63.6. The maximum atomic E-state index is 13.0. The maximum absolute atomic E-state index is 13.0. The molecule has 0 N–H and O–H groups in total. The molecule has 1 aliphatic rings. The number of pyridine rings is 1. The third kappa shape index (κ3) is 3.46. The second kappa shape index (κ2) is 5.80. The number of hydrogen-bond donors (Lipinski definition) is 0. The number of aromatic nitrogens is 1. The van der Waals surface area contributed by atoms with Crippen molar-refractivity contribution in [2.45, 2.75) is 13.1 Å². The average molecular weight is 323 g/mol. The van der Waals surface area contributed by atoms with Gasteiger partial charge < -0.3 is 4.90 Å². The first kappa shape index (κ1) is 16.0. The summed E-state index contributed by atoms with van der Waals surface area (Å²) >= 11 is 0. The molecule has 0 radical (unpaired) electrons. The minimum Gasteiger partial charge on any atom is -0.353 e. The minimum absolute atomic E-state index is 0.00954. The lowest BCUT2D eigenvalue weighted by molar-refractivity contribution is -0.137. The van der Waals surface area contributed by atoms with Crippen molar-refractivity contribution in [2.24, 2.45) is 0 Å². The molecule has 1 aromatic rings. The Kier molecular flexibility index (Phi) is 4.43. The van der Waals surface area contributed by atoms with Gasteiger partial charge in [0.15, 0.2) is 0 Å². The van der Waals surface area contributed by atoms with Crippen molar-refractivity contribution in [3.8, 4) is 0 Å². The highest BCUT2D eigenvalue weighted by molar-refractivity contribution is 7.89. The van der Waals surface area contributed by atoms with Crippen molar-refractivity contribution in [1.29, 1.82) is 0 Å². The van der Waals surface area contributed by atoms with E-state index in [4.69, 9.17) is 0 Å². The topological polar surface area (TPSA) is 53.5 Å².